The molecule has 0 aliphatic heterocycles. The third-order valence-electron chi connectivity index (χ3n) is 1.74. The maximum Gasteiger partial charge on any atom is 0.304 e. The number of ketones is 1. The fourth-order valence-corrected chi connectivity index (χ4v) is 1.50. The molecule has 0 radical (unpaired) electrons. The number of hydrogen-bond donors (Lipinski definition) is 1. The molecule has 2 N–H and O–H groups in total. The summed E-state index contributed by atoms with van der Waals surface area (Å²) in [6.45, 7) is 0. The van der Waals surface area contributed by atoms with E-state index in [1.807, 2.05) is 0 Å². The van der Waals surface area contributed by atoms with Gasteiger partial charge in [0.2, 0.25) is 0 Å². The Morgan fingerprint density at radius 3 is 2.60 bits per heavy atom. The van der Waals surface area contributed by atoms with Gasteiger partial charge in [-0.25, -0.2) is 0 Å². The number of hydrogen-bond acceptors (Lipinski definition) is 4. The molecule has 15 heavy (non-hydrogen) atoms. The van der Waals surface area contributed by atoms with E-state index < -0.39 is 16.4 Å². The molecule has 0 bridgehead atoms. The van der Waals surface area contributed by atoms with Gasteiger partial charge in [-0.15, -0.1) is 11.6 Å². The smallest absolute Gasteiger partial charge is 0.304 e. The first kappa shape index (κ1) is 11.7. The van der Waals surface area contributed by atoms with Gasteiger partial charge in [0, 0.05) is 0 Å². The molecular weight excluding hydrogens is 243 g/mol. The molecule has 0 saturated heterocycles. The Morgan fingerprint density at radius 1 is 1.53 bits per heavy atom. The van der Waals surface area contributed by atoms with Gasteiger partial charge in [-0.1, -0.05) is 11.6 Å². The molecule has 80 valence electrons. The largest absolute Gasteiger partial charge is 0.393 e. The maximum atomic E-state index is 11.3. The summed E-state index contributed by atoms with van der Waals surface area (Å²) in [7, 11) is 0. The Labute approximate surface area is 94.9 Å². The van der Waals surface area contributed by atoms with Crippen molar-refractivity contribution in [2.75, 3.05) is 11.6 Å². The van der Waals surface area contributed by atoms with Crippen molar-refractivity contribution in [2.24, 2.45) is 0 Å². The summed E-state index contributed by atoms with van der Waals surface area (Å²) in [4.78, 5) is 21.3. The fourth-order valence-electron chi connectivity index (χ4n) is 1.11. The van der Waals surface area contributed by atoms with Crippen molar-refractivity contribution in [1.82, 2.24) is 0 Å². The van der Waals surface area contributed by atoms with Gasteiger partial charge in [-0.3, -0.25) is 14.9 Å². The van der Waals surface area contributed by atoms with Crippen molar-refractivity contribution >= 4 is 40.4 Å². The quantitative estimate of drug-likeness (QED) is 0.292. The van der Waals surface area contributed by atoms with E-state index in [2.05, 4.69) is 0 Å². The molecule has 1 aromatic rings. The number of nitro groups is 1. The van der Waals surface area contributed by atoms with Crippen molar-refractivity contribution in [2.45, 2.75) is 0 Å². The van der Waals surface area contributed by atoms with Crippen molar-refractivity contribution in [3.05, 3.63) is 32.8 Å². The first-order valence-electron chi connectivity index (χ1n) is 3.80. The Hall–Kier alpha value is -1.33. The molecule has 0 fully saturated rings. The van der Waals surface area contributed by atoms with Crippen LogP contribution in [-0.4, -0.2) is 16.6 Å². The van der Waals surface area contributed by atoms with Gasteiger partial charge in [0.15, 0.2) is 5.78 Å². The topological polar surface area (TPSA) is 86.2 Å². The number of alkyl halides is 1. The summed E-state index contributed by atoms with van der Waals surface area (Å²) in [5, 5.41) is 10.7. The molecule has 7 heteroatoms. The molecule has 0 unspecified atom stereocenters. The minimum absolute atomic E-state index is 0.0263. The zero-order chi connectivity index (χ0) is 11.6. The molecule has 0 heterocycles. The zero-order valence-corrected chi connectivity index (χ0v) is 8.88. The van der Waals surface area contributed by atoms with Crippen molar-refractivity contribution in [3.8, 4) is 0 Å². The number of halogens is 2. The highest BCUT2D eigenvalue weighted by molar-refractivity contribution is 6.38. The highest BCUT2D eigenvalue weighted by Crippen LogP contribution is 2.32. The number of nitrogens with zero attached hydrogens (tertiary/aromatic N) is 1. The summed E-state index contributed by atoms with van der Waals surface area (Å²) in [5.74, 6) is -1.01. The Bertz CT molecular complexity index is 434. The lowest BCUT2D eigenvalue weighted by atomic mass is 10.1. The lowest BCUT2D eigenvalue weighted by Crippen LogP contribution is -2.08. The van der Waals surface area contributed by atoms with Gasteiger partial charge >= 0.3 is 5.69 Å². The van der Waals surface area contributed by atoms with Crippen molar-refractivity contribution in [1.29, 1.82) is 0 Å². The number of rotatable bonds is 3. The standard InChI is InChI=1S/C8H6Cl2N2O3/c9-3-6(13)7-4(10)1-2-5(11)8(7)12(14)15/h1-2H,3,11H2. The van der Waals surface area contributed by atoms with Crippen LogP contribution >= 0.6 is 23.2 Å². The molecule has 0 saturated carbocycles. The first-order valence-corrected chi connectivity index (χ1v) is 4.71. The monoisotopic (exact) mass is 248 g/mol. The Morgan fingerprint density at radius 2 is 2.13 bits per heavy atom. The van der Waals surface area contributed by atoms with Crippen LogP contribution in [0.15, 0.2) is 12.1 Å². The van der Waals surface area contributed by atoms with Crippen LogP contribution in [0.4, 0.5) is 11.4 Å². The average molecular weight is 249 g/mol. The van der Waals surface area contributed by atoms with Crippen molar-refractivity contribution in [3.63, 3.8) is 0 Å². The zero-order valence-electron chi connectivity index (χ0n) is 7.37. The van der Waals surface area contributed by atoms with E-state index in [0.717, 1.165) is 0 Å². The number of anilines is 1. The molecule has 0 spiro atoms. The number of carbonyl (C=O) groups is 1. The second-order valence-corrected chi connectivity index (χ2v) is 3.35. The summed E-state index contributed by atoms with van der Waals surface area (Å²) in [6.07, 6.45) is 0. The summed E-state index contributed by atoms with van der Waals surface area (Å²) >= 11 is 11.0. The van der Waals surface area contributed by atoms with Gasteiger partial charge in [0.1, 0.15) is 11.3 Å². The second-order valence-electron chi connectivity index (χ2n) is 2.67. The third-order valence-corrected chi connectivity index (χ3v) is 2.30. The number of carbonyl (C=O) groups excluding carboxylic acids is 1. The predicted octanol–water partition coefficient (Wildman–Crippen LogP) is 2.25. The lowest BCUT2D eigenvalue weighted by molar-refractivity contribution is -0.384. The summed E-state index contributed by atoms with van der Waals surface area (Å²) in [5.41, 5.74) is 4.54. The highest BCUT2D eigenvalue weighted by Gasteiger charge is 2.25. The van der Waals surface area contributed by atoms with Crippen LogP contribution in [-0.2, 0) is 0 Å². The summed E-state index contributed by atoms with van der Waals surface area (Å²) in [6, 6.07) is 2.59. The number of benzene rings is 1. The van der Waals surface area contributed by atoms with Crippen molar-refractivity contribution < 1.29 is 9.72 Å². The van der Waals surface area contributed by atoms with Crippen LogP contribution in [0.1, 0.15) is 10.4 Å². The minimum Gasteiger partial charge on any atom is -0.393 e. The van der Waals surface area contributed by atoms with Crippen LogP contribution in [0, 0.1) is 10.1 Å². The van der Waals surface area contributed by atoms with E-state index in [9.17, 15) is 14.9 Å². The van der Waals surface area contributed by atoms with Gasteiger partial charge in [-0.2, -0.15) is 0 Å². The Kier molecular flexibility index (Phi) is 3.49. The average Bonchev–Trinajstić information content (AvgIpc) is 2.19. The van der Waals surface area contributed by atoms with E-state index in [4.69, 9.17) is 28.9 Å². The molecule has 5 nitrogen and oxygen atoms in total. The van der Waals surface area contributed by atoms with E-state index in [-0.39, 0.29) is 22.2 Å². The first-order chi connectivity index (χ1) is 6.99. The molecule has 1 aromatic carbocycles. The molecule has 0 aromatic heterocycles. The highest BCUT2D eigenvalue weighted by atomic mass is 35.5. The summed E-state index contributed by atoms with van der Waals surface area (Å²) < 4.78 is 0. The molecule has 0 aliphatic rings. The van der Waals surface area contributed by atoms with Crippen LogP contribution in [0.5, 0.6) is 0 Å². The van der Waals surface area contributed by atoms with Crippen LogP contribution in [0.3, 0.4) is 0 Å². The van der Waals surface area contributed by atoms with E-state index in [1.165, 1.54) is 12.1 Å². The second kappa shape index (κ2) is 4.46. The molecular formula is C8H6Cl2N2O3. The van der Waals surface area contributed by atoms with E-state index >= 15 is 0 Å². The number of nitro benzene ring substituents is 1. The molecule has 0 amide bonds. The van der Waals surface area contributed by atoms with Gasteiger partial charge in [0.05, 0.1) is 15.8 Å². The molecule has 0 atom stereocenters. The van der Waals surface area contributed by atoms with E-state index in [1.54, 1.807) is 0 Å². The Balaban J connectivity index is 3.52. The van der Waals surface area contributed by atoms with Crippen LogP contribution in [0.25, 0.3) is 0 Å². The SMILES string of the molecule is Nc1ccc(Cl)c(C(=O)CCl)c1[N+](=O)[O-]. The molecule has 0 aliphatic carbocycles. The lowest BCUT2D eigenvalue weighted by Gasteiger charge is -2.04. The predicted molar refractivity (Wildman–Crippen MR) is 57.6 cm³/mol. The number of nitrogens with two attached hydrogens (primary N) is 1. The van der Waals surface area contributed by atoms with Gasteiger partial charge in [-0.05, 0) is 12.1 Å². The third kappa shape index (κ3) is 2.19. The number of Topliss-reactive ketones (excluding diaryl/α,β-unsaturated/α-hetero) is 1. The fraction of sp³-hybridized carbons (Fsp3) is 0.125. The van der Waals surface area contributed by atoms with Crippen LogP contribution < -0.4 is 5.73 Å². The van der Waals surface area contributed by atoms with Gasteiger partial charge in [0.25, 0.3) is 0 Å². The maximum absolute atomic E-state index is 11.3. The van der Waals surface area contributed by atoms with Gasteiger partial charge < -0.3 is 5.73 Å². The van der Waals surface area contributed by atoms with E-state index in [0.29, 0.717) is 0 Å². The van der Waals surface area contributed by atoms with Crippen LogP contribution in [0.2, 0.25) is 5.02 Å². The normalized spacial score (nSPS) is 10.0. The molecule has 1 rings (SSSR count). The number of nitrogen functional groups attached to an aromatic ring is 1. The minimum atomic E-state index is -0.749.